The predicted octanol–water partition coefficient (Wildman–Crippen LogP) is -1.48. The lowest BCUT2D eigenvalue weighted by Gasteiger charge is -2.25. The van der Waals surface area contributed by atoms with Gasteiger partial charge in [-0.3, -0.25) is 14.4 Å². The van der Waals surface area contributed by atoms with Crippen molar-refractivity contribution >= 4 is 23.7 Å². The van der Waals surface area contributed by atoms with E-state index in [1.165, 1.54) is 19.4 Å². The van der Waals surface area contributed by atoms with Crippen LogP contribution in [0.4, 0.5) is 0 Å². The zero-order valence-electron chi connectivity index (χ0n) is 16.2. The molecule has 0 aliphatic rings. The normalized spacial score (nSPS) is 15.0. The van der Waals surface area contributed by atoms with E-state index in [9.17, 15) is 24.3 Å². The number of carbonyl (C=O) groups excluding carboxylic acids is 3. The van der Waals surface area contributed by atoms with Crippen LogP contribution in [0.2, 0.25) is 0 Å². The van der Waals surface area contributed by atoms with Gasteiger partial charge in [0.1, 0.15) is 18.1 Å². The molecule has 0 spiro atoms. The topological polar surface area (TPSA) is 179 Å². The summed E-state index contributed by atoms with van der Waals surface area (Å²) < 4.78 is 0. The molecule has 1 rings (SSSR count). The van der Waals surface area contributed by atoms with E-state index in [-0.39, 0.29) is 18.9 Å². The van der Waals surface area contributed by atoms with E-state index in [0.717, 1.165) is 0 Å². The van der Waals surface area contributed by atoms with Gasteiger partial charge in [-0.15, -0.1) is 0 Å². The largest absolute Gasteiger partial charge is 0.480 e. The monoisotopic (exact) mass is 396 g/mol. The molecule has 0 saturated carbocycles. The first-order chi connectivity index (χ1) is 13.2. The Morgan fingerprint density at radius 2 is 1.86 bits per heavy atom. The molecule has 0 aliphatic carbocycles. The molecule has 7 N–H and O–H groups in total. The maximum absolute atomic E-state index is 12.5. The fourth-order valence-electron chi connectivity index (χ4n) is 2.42. The van der Waals surface area contributed by atoms with Gasteiger partial charge in [-0.05, 0) is 12.8 Å². The van der Waals surface area contributed by atoms with Crippen molar-refractivity contribution in [1.82, 2.24) is 25.9 Å². The smallest absolute Gasteiger partial charge is 0.326 e. The molecule has 11 nitrogen and oxygen atoms in total. The predicted molar refractivity (Wildman–Crippen MR) is 99.9 cm³/mol. The van der Waals surface area contributed by atoms with Crippen LogP contribution in [0.5, 0.6) is 0 Å². The number of imidazole rings is 1. The molecular formula is C17H28N6O5. The average Bonchev–Trinajstić information content (AvgIpc) is 3.17. The third-order valence-electron chi connectivity index (χ3n) is 4.34. The van der Waals surface area contributed by atoms with E-state index in [4.69, 9.17) is 5.73 Å². The van der Waals surface area contributed by atoms with Crippen LogP contribution in [-0.4, -0.2) is 63.4 Å². The maximum Gasteiger partial charge on any atom is 0.326 e. The van der Waals surface area contributed by atoms with Crippen molar-refractivity contribution in [2.75, 3.05) is 6.54 Å². The standard InChI is InChI=1S/C17H28N6O5/c1-4-9(2)14(23-13(24)6-18)16(26)21-10(3)15(25)22-12(17(27)28)5-11-7-19-8-20-11/h7-10,12,14H,4-6,18H2,1-3H3,(H,19,20)(H,21,26)(H,22,25)(H,23,24)(H,27,28). The minimum absolute atomic E-state index is 0.0176. The highest BCUT2D eigenvalue weighted by atomic mass is 16.4. The van der Waals surface area contributed by atoms with E-state index in [1.54, 1.807) is 6.92 Å². The Labute approximate surface area is 162 Å². The molecule has 1 aromatic rings. The van der Waals surface area contributed by atoms with Gasteiger partial charge in [-0.25, -0.2) is 9.78 Å². The highest BCUT2D eigenvalue weighted by molar-refractivity contribution is 5.93. The summed E-state index contributed by atoms with van der Waals surface area (Å²) in [6.45, 7) is 4.82. The molecule has 11 heteroatoms. The van der Waals surface area contributed by atoms with Gasteiger partial charge in [0.05, 0.1) is 12.9 Å². The van der Waals surface area contributed by atoms with Crippen molar-refractivity contribution in [1.29, 1.82) is 0 Å². The minimum Gasteiger partial charge on any atom is -0.480 e. The SMILES string of the molecule is CCC(C)C(NC(=O)CN)C(=O)NC(C)C(=O)NC(Cc1cnc[nH]1)C(=O)O. The number of carbonyl (C=O) groups is 4. The number of nitrogens with zero attached hydrogens (tertiary/aromatic N) is 1. The second kappa shape index (κ2) is 11.0. The Morgan fingerprint density at radius 1 is 1.18 bits per heavy atom. The first-order valence-electron chi connectivity index (χ1n) is 8.99. The van der Waals surface area contributed by atoms with Gasteiger partial charge in [-0.1, -0.05) is 20.3 Å². The molecule has 0 radical (unpaired) electrons. The highest BCUT2D eigenvalue weighted by Gasteiger charge is 2.29. The number of H-pyrrole nitrogens is 1. The van der Waals surface area contributed by atoms with Crippen LogP contribution in [0.3, 0.4) is 0 Å². The number of aromatic amines is 1. The van der Waals surface area contributed by atoms with Crippen molar-refractivity contribution in [2.45, 2.75) is 51.7 Å². The molecular weight excluding hydrogens is 368 g/mol. The lowest BCUT2D eigenvalue weighted by molar-refractivity contribution is -0.142. The molecule has 1 aromatic heterocycles. The Kier molecular flexibility index (Phi) is 9.09. The van der Waals surface area contributed by atoms with Gasteiger partial charge in [0, 0.05) is 18.3 Å². The van der Waals surface area contributed by atoms with Crippen LogP contribution < -0.4 is 21.7 Å². The van der Waals surface area contributed by atoms with Gasteiger partial charge in [-0.2, -0.15) is 0 Å². The number of hydrogen-bond acceptors (Lipinski definition) is 6. The number of amides is 3. The summed E-state index contributed by atoms with van der Waals surface area (Å²) in [6, 6.07) is -3.04. The summed E-state index contributed by atoms with van der Waals surface area (Å²) >= 11 is 0. The van der Waals surface area contributed by atoms with E-state index >= 15 is 0 Å². The third-order valence-corrected chi connectivity index (χ3v) is 4.34. The van der Waals surface area contributed by atoms with Crippen LogP contribution in [-0.2, 0) is 25.6 Å². The Morgan fingerprint density at radius 3 is 2.36 bits per heavy atom. The number of carboxylic acids is 1. The van der Waals surface area contributed by atoms with Gasteiger partial charge in [0.15, 0.2) is 0 Å². The van der Waals surface area contributed by atoms with Gasteiger partial charge in [0.2, 0.25) is 17.7 Å². The highest BCUT2D eigenvalue weighted by Crippen LogP contribution is 2.08. The Balaban J connectivity index is 2.72. The number of nitrogens with one attached hydrogen (secondary N) is 4. The fraction of sp³-hybridized carbons (Fsp3) is 0.588. The summed E-state index contributed by atoms with van der Waals surface area (Å²) in [5.41, 5.74) is 5.83. The van der Waals surface area contributed by atoms with Gasteiger partial charge in [0.25, 0.3) is 0 Å². The molecule has 28 heavy (non-hydrogen) atoms. The van der Waals surface area contributed by atoms with Crippen LogP contribution in [0.25, 0.3) is 0 Å². The van der Waals surface area contributed by atoms with E-state index in [1.807, 2.05) is 6.92 Å². The van der Waals surface area contributed by atoms with Gasteiger partial charge >= 0.3 is 5.97 Å². The summed E-state index contributed by atoms with van der Waals surface area (Å²) in [4.78, 5) is 54.4. The van der Waals surface area contributed by atoms with Crippen LogP contribution >= 0.6 is 0 Å². The molecule has 4 atom stereocenters. The van der Waals surface area contributed by atoms with E-state index in [2.05, 4.69) is 25.9 Å². The first kappa shape index (κ1) is 23.1. The van der Waals surface area contributed by atoms with Gasteiger partial charge < -0.3 is 31.8 Å². The number of aliphatic carboxylic acids is 1. The first-order valence-corrected chi connectivity index (χ1v) is 8.99. The Bertz CT molecular complexity index is 678. The lowest BCUT2D eigenvalue weighted by atomic mass is 9.98. The second-order valence-corrected chi connectivity index (χ2v) is 6.55. The molecule has 3 amide bonds. The quantitative estimate of drug-likeness (QED) is 0.264. The maximum atomic E-state index is 12.5. The summed E-state index contributed by atoms with van der Waals surface area (Å²) in [5.74, 6) is -3.08. The van der Waals surface area contributed by atoms with Crippen molar-refractivity contribution in [3.05, 3.63) is 18.2 Å². The Hall–Kier alpha value is -2.95. The van der Waals surface area contributed by atoms with Crippen molar-refractivity contribution < 1.29 is 24.3 Å². The molecule has 0 saturated heterocycles. The molecule has 156 valence electrons. The summed E-state index contributed by atoms with van der Waals surface area (Å²) in [5, 5.41) is 16.7. The number of aromatic nitrogens is 2. The number of carboxylic acid groups (broad SMARTS) is 1. The minimum atomic E-state index is -1.21. The van der Waals surface area contributed by atoms with Crippen LogP contribution in [0.1, 0.15) is 32.9 Å². The molecule has 1 heterocycles. The molecule has 4 unspecified atom stereocenters. The summed E-state index contributed by atoms with van der Waals surface area (Å²) in [6.07, 6.45) is 3.51. The number of hydrogen-bond donors (Lipinski definition) is 6. The van der Waals surface area contributed by atoms with Crippen molar-refractivity contribution in [3.8, 4) is 0 Å². The van der Waals surface area contributed by atoms with Crippen molar-refractivity contribution in [2.24, 2.45) is 11.7 Å². The zero-order chi connectivity index (χ0) is 21.3. The zero-order valence-corrected chi connectivity index (χ0v) is 16.2. The van der Waals surface area contributed by atoms with Crippen LogP contribution in [0, 0.1) is 5.92 Å². The fourth-order valence-corrected chi connectivity index (χ4v) is 2.42. The lowest BCUT2D eigenvalue weighted by Crippen LogP contribution is -2.57. The molecule has 0 aliphatic heterocycles. The van der Waals surface area contributed by atoms with E-state index < -0.39 is 41.8 Å². The summed E-state index contributed by atoms with van der Waals surface area (Å²) in [7, 11) is 0. The molecule has 0 aromatic carbocycles. The third kappa shape index (κ3) is 6.99. The molecule has 0 fully saturated rings. The van der Waals surface area contributed by atoms with Crippen molar-refractivity contribution in [3.63, 3.8) is 0 Å². The number of nitrogens with two attached hydrogens (primary N) is 1. The molecule has 0 bridgehead atoms. The number of rotatable bonds is 11. The van der Waals surface area contributed by atoms with Crippen LogP contribution in [0.15, 0.2) is 12.5 Å². The van der Waals surface area contributed by atoms with E-state index in [0.29, 0.717) is 12.1 Å². The average molecular weight is 396 g/mol. The second-order valence-electron chi connectivity index (χ2n) is 6.55.